The largest absolute Gasteiger partial charge is 0.496 e. The molecule has 1 aromatic heterocycles. The minimum Gasteiger partial charge on any atom is -0.496 e. The zero-order chi connectivity index (χ0) is 20.5. The Kier molecular flexibility index (Phi) is 4.52. The molecule has 0 bridgehead atoms. The average molecular weight is 391 g/mol. The van der Waals surface area contributed by atoms with Crippen LogP contribution in [-0.4, -0.2) is 29.9 Å². The third-order valence-electron chi connectivity index (χ3n) is 5.37. The standard InChI is InChI=1S/C26H21N3O/c1-27-16-22-13-20-11-10-19(12-21(20)15-26(22)30-2)18-6-5-7-23(14-18)29-17-28-24-8-3-4-9-25(24)29/h3-17H,1-2H3. The number of rotatable bonds is 4. The van der Waals surface area contributed by atoms with Gasteiger partial charge in [0.25, 0.3) is 0 Å². The van der Waals surface area contributed by atoms with Crippen LogP contribution >= 0.6 is 0 Å². The van der Waals surface area contributed by atoms with Crippen LogP contribution in [0, 0.1) is 0 Å². The Morgan fingerprint density at radius 1 is 0.867 bits per heavy atom. The highest BCUT2D eigenvalue weighted by atomic mass is 16.5. The average Bonchev–Trinajstić information content (AvgIpc) is 3.23. The summed E-state index contributed by atoms with van der Waals surface area (Å²) in [5.41, 5.74) is 6.48. The number of methoxy groups -OCH3 is 1. The summed E-state index contributed by atoms with van der Waals surface area (Å²) in [5.74, 6) is 0.823. The quantitative estimate of drug-likeness (QED) is 0.358. The van der Waals surface area contributed by atoms with Crippen LogP contribution in [0.3, 0.4) is 0 Å². The monoisotopic (exact) mass is 391 g/mol. The second kappa shape index (κ2) is 7.48. The van der Waals surface area contributed by atoms with Crippen molar-refractivity contribution in [2.24, 2.45) is 4.99 Å². The molecule has 4 nitrogen and oxygen atoms in total. The van der Waals surface area contributed by atoms with Crippen LogP contribution in [0.1, 0.15) is 5.56 Å². The predicted molar refractivity (Wildman–Crippen MR) is 124 cm³/mol. The Labute approximate surface area is 175 Å². The number of imidazole rings is 1. The van der Waals surface area contributed by atoms with E-state index in [1.807, 2.05) is 30.7 Å². The zero-order valence-corrected chi connectivity index (χ0v) is 16.9. The highest BCUT2D eigenvalue weighted by molar-refractivity contribution is 5.95. The molecule has 30 heavy (non-hydrogen) atoms. The summed E-state index contributed by atoms with van der Waals surface area (Å²) in [5, 5.41) is 2.29. The molecule has 0 aliphatic heterocycles. The number of hydrogen-bond donors (Lipinski definition) is 0. The molecule has 0 radical (unpaired) electrons. The number of para-hydroxylation sites is 2. The van der Waals surface area contributed by atoms with Crippen molar-refractivity contribution in [3.05, 3.63) is 90.8 Å². The summed E-state index contributed by atoms with van der Waals surface area (Å²) < 4.78 is 7.68. The summed E-state index contributed by atoms with van der Waals surface area (Å²) in [6, 6.07) is 27.4. The minimum absolute atomic E-state index is 0.823. The maximum Gasteiger partial charge on any atom is 0.128 e. The third-order valence-corrected chi connectivity index (χ3v) is 5.37. The zero-order valence-electron chi connectivity index (χ0n) is 16.9. The van der Waals surface area contributed by atoms with Crippen molar-refractivity contribution < 1.29 is 4.74 Å². The number of fused-ring (bicyclic) bond motifs is 2. The SMILES string of the molecule is CN=Cc1cc2ccc(-c3cccc(-n4cnc5ccccc54)c3)cc2cc1OC. The van der Waals surface area contributed by atoms with Gasteiger partial charge in [0.2, 0.25) is 0 Å². The Hall–Kier alpha value is -3.92. The molecule has 0 spiro atoms. The highest BCUT2D eigenvalue weighted by Crippen LogP contribution is 2.30. The predicted octanol–water partition coefficient (Wildman–Crippen LogP) is 5.90. The van der Waals surface area contributed by atoms with Crippen LogP contribution in [0.2, 0.25) is 0 Å². The first-order chi connectivity index (χ1) is 14.8. The molecule has 4 aromatic carbocycles. The van der Waals surface area contributed by atoms with Crippen LogP contribution in [-0.2, 0) is 0 Å². The first kappa shape index (κ1) is 18.1. The van der Waals surface area contributed by atoms with E-state index >= 15 is 0 Å². The maximum absolute atomic E-state index is 5.56. The molecule has 0 fully saturated rings. The topological polar surface area (TPSA) is 39.4 Å². The molecular formula is C26H21N3O. The molecule has 0 amide bonds. The van der Waals surface area contributed by atoms with E-state index in [1.165, 1.54) is 0 Å². The van der Waals surface area contributed by atoms with Crippen molar-refractivity contribution in [1.82, 2.24) is 9.55 Å². The Morgan fingerprint density at radius 3 is 2.60 bits per heavy atom. The lowest BCUT2D eigenvalue weighted by Gasteiger charge is -2.11. The first-order valence-electron chi connectivity index (χ1n) is 9.84. The van der Waals surface area contributed by atoms with E-state index in [2.05, 4.69) is 75.2 Å². The lowest BCUT2D eigenvalue weighted by Crippen LogP contribution is -1.93. The van der Waals surface area contributed by atoms with Crippen LogP contribution in [0.15, 0.2) is 90.2 Å². The van der Waals surface area contributed by atoms with Gasteiger partial charge in [0.05, 0.1) is 18.1 Å². The Bertz CT molecular complexity index is 1400. The fourth-order valence-electron chi connectivity index (χ4n) is 3.89. The lowest BCUT2D eigenvalue weighted by atomic mass is 9.99. The Balaban J connectivity index is 1.60. The molecule has 0 aliphatic rings. The molecule has 4 heteroatoms. The molecule has 1 heterocycles. The first-order valence-corrected chi connectivity index (χ1v) is 9.84. The van der Waals surface area contributed by atoms with Crippen LogP contribution < -0.4 is 4.74 Å². The van der Waals surface area contributed by atoms with E-state index in [9.17, 15) is 0 Å². The van der Waals surface area contributed by atoms with Crippen molar-refractivity contribution in [3.8, 4) is 22.6 Å². The molecule has 146 valence electrons. The molecule has 5 rings (SSSR count). The lowest BCUT2D eigenvalue weighted by molar-refractivity contribution is 0.415. The summed E-state index contributed by atoms with van der Waals surface area (Å²) in [7, 11) is 3.46. The van der Waals surface area contributed by atoms with E-state index in [0.29, 0.717) is 0 Å². The fraction of sp³-hybridized carbons (Fsp3) is 0.0769. The van der Waals surface area contributed by atoms with Gasteiger partial charge in [-0.05, 0) is 64.4 Å². The van der Waals surface area contributed by atoms with E-state index in [0.717, 1.165) is 49.9 Å². The van der Waals surface area contributed by atoms with Gasteiger partial charge in [-0.25, -0.2) is 4.98 Å². The van der Waals surface area contributed by atoms with Crippen LogP contribution in [0.5, 0.6) is 5.75 Å². The van der Waals surface area contributed by atoms with Crippen LogP contribution in [0.4, 0.5) is 0 Å². The van der Waals surface area contributed by atoms with E-state index in [4.69, 9.17) is 4.74 Å². The molecular weight excluding hydrogens is 370 g/mol. The number of ether oxygens (including phenoxy) is 1. The summed E-state index contributed by atoms with van der Waals surface area (Å²) in [6.07, 6.45) is 3.71. The van der Waals surface area contributed by atoms with Gasteiger partial charge in [-0.2, -0.15) is 0 Å². The fourth-order valence-corrected chi connectivity index (χ4v) is 3.89. The molecule has 5 aromatic rings. The number of aliphatic imine (C=N–C) groups is 1. The van der Waals surface area contributed by atoms with Crippen molar-refractivity contribution in [1.29, 1.82) is 0 Å². The number of benzene rings is 4. The van der Waals surface area contributed by atoms with Gasteiger partial charge in [-0.15, -0.1) is 0 Å². The maximum atomic E-state index is 5.56. The van der Waals surface area contributed by atoms with Crippen molar-refractivity contribution >= 4 is 28.0 Å². The van der Waals surface area contributed by atoms with E-state index in [-0.39, 0.29) is 0 Å². The van der Waals surface area contributed by atoms with Gasteiger partial charge in [0.15, 0.2) is 0 Å². The summed E-state index contributed by atoms with van der Waals surface area (Å²) in [6.45, 7) is 0. The normalized spacial score (nSPS) is 11.5. The summed E-state index contributed by atoms with van der Waals surface area (Å²) >= 11 is 0. The molecule has 0 saturated heterocycles. The van der Waals surface area contributed by atoms with Gasteiger partial charge in [-0.3, -0.25) is 9.56 Å². The molecule has 0 aliphatic carbocycles. The van der Waals surface area contributed by atoms with Gasteiger partial charge in [0, 0.05) is 24.5 Å². The van der Waals surface area contributed by atoms with Gasteiger partial charge >= 0.3 is 0 Å². The Morgan fingerprint density at radius 2 is 1.73 bits per heavy atom. The number of hydrogen-bond acceptors (Lipinski definition) is 3. The van der Waals surface area contributed by atoms with Gasteiger partial charge in [-0.1, -0.05) is 36.4 Å². The molecule has 0 unspecified atom stereocenters. The number of aromatic nitrogens is 2. The van der Waals surface area contributed by atoms with Crippen molar-refractivity contribution in [3.63, 3.8) is 0 Å². The van der Waals surface area contributed by atoms with E-state index < -0.39 is 0 Å². The summed E-state index contributed by atoms with van der Waals surface area (Å²) in [4.78, 5) is 8.65. The van der Waals surface area contributed by atoms with Gasteiger partial charge in [0.1, 0.15) is 12.1 Å². The smallest absolute Gasteiger partial charge is 0.128 e. The van der Waals surface area contributed by atoms with E-state index in [1.54, 1.807) is 14.2 Å². The van der Waals surface area contributed by atoms with Crippen molar-refractivity contribution in [2.75, 3.05) is 14.2 Å². The molecule has 0 atom stereocenters. The third kappa shape index (κ3) is 3.12. The highest BCUT2D eigenvalue weighted by Gasteiger charge is 2.08. The second-order valence-corrected chi connectivity index (χ2v) is 7.20. The van der Waals surface area contributed by atoms with Crippen molar-refractivity contribution in [2.45, 2.75) is 0 Å². The van der Waals surface area contributed by atoms with Crippen LogP contribution in [0.25, 0.3) is 38.6 Å². The molecule has 0 saturated carbocycles. The number of nitrogens with zero attached hydrogens (tertiary/aromatic N) is 3. The molecule has 0 N–H and O–H groups in total. The minimum atomic E-state index is 0.823. The van der Waals surface area contributed by atoms with Gasteiger partial charge < -0.3 is 4.74 Å². The second-order valence-electron chi connectivity index (χ2n) is 7.20.